The van der Waals surface area contributed by atoms with E-state index in [1.807, 2.05) is 13.8 Å². The zero-order chi connectivity index (χ0) is 10.8. The standard InChI is InChI=1S/C10H19N3O/c1-7(2)9-12-8(13-14-9)6-11-10(3,4)5/h7,11H,6H2,1-5H3. The van der Waals surface area contributed by atoms with Gasteiger partial charge in [-0.3, -0.25) is 0 Å². The minimum Gasteiger partial charge on any atom is -0.339 e. The lowest BCUT2D eigenvalue weighted by Crippen LogP contribution is -2.35. The third-order valence-corrected chi connectivity index (χ3v) is 1.75. The van der Waals surface area contributed by atoms with Crippen molar-refractivity contribution in [2.24, 2.45) is 0 Å². The molecule has 0 aliphatic heterocycles. The Morgan fingerprint density at radius 2 is 2.00 bits per heavy atom. The minimum absolute atomic E-state index is 0.0820. The number of nitrogens with one attached hydrogen (secondary N) is 1. The van der Waals surface area contributed by atoms with Gasteiger partial charge in [0.05, 0.1) is 6.54 Å². The zero-order valence-corrected chi connectivity index (χ0v) is 9.59. The van der Waals surface area contributed by atoms with Crippen LogP contribution in [0.3, 0.4) is 0 Å². The summed E-state index contributed by atoms with van der Waals surface area (Å²) in [6.45, 7) is 11.0. The predicted octanol–water partition coefficient (Wildman–Crippen LogP) is 2.08. The van der Waals surface area contributed by atoms with Gasteiger partial charge in [0.2, 0.25) is 5.89 Å². The van der Waals surface area contributed by atoms with E-state index in [2.05, 4.69) is 36.2 Å². The first kappa shape index (κ1) is 11.2. The summed E-state index contributed by atoms with van der Waals surface area (Å²) in [6.07, 6.45) is 0. The Balaban J connectivity index is 2.52. The van der Waals surface area contributed by atoms with Crippen LogP contribution in [0.4, 0.5) is 0 Å². The van der Waals surface area contributed by atoms with Crippen molar-refractivity contribution < 1.29 is 4.52 Å². The summed E-state index contributed by atoms with van der Waals surface area (Å²) in [5.41, 5.74) is 0.0820. The van der Waals surface area contributed by atoms with Crippen LogP contribution in [-0.4, -0.2) is 15.7 Å². The molecule has 80 valence electrons. The van der Waals surface area contributed by atoms with Gasteiger partial charge in [-0.05, 0) is 20.8 Å². The molecule has 0 unspecified atom stereocenters. The number of aromatic nitrogens is 2. The first-order valence-corrected chi connectivity index (χ1v) is 4.96. The molecule has 0 fully saturated rings. The largest absolute Gasteiger partial charge is 0.339 e. The Morgan fingerprint density at radius 1 is 1.36 bits per heavy atom. The van der Waals surface area contributed by atoms with Crippen molar-refractivity contribution >= 4 is 0 Å². The van der Waals surface area contributed by atoms with Gasteiger partial charge in [0.25, 0.3) is 0 Å². The Hall–Kier alpha value is -0.900. The SMILES string of the molecule is CC(C)c1nc(CNC(C)(C)C)no1. The van der Waals surface area contributed by atoms with E-state index in [-0.39, 0.29) is 5.54 Å². The maximum atomic E-state index is 5.09. The van der Waals surface area contributed by atoms with Crippen LogP contribution in [-0.2, 0) is 6.54 Å². The molecule has 0 saturated heterocycles. The van der Waals surface area contributed by atoms with Crippen molar-refractivity contribution in [3.05, 3.63) is 11.7 Å². The molecule has 0 aliphatic rings. The van der Waals surface area contributed by atoms with E-state index in [0.717, 1.165) is 5.82 Å². The highest BCUT2D eigenvalue weighted by atomic mass is 16.5. The summed E-state index contributed by atoms with van der Waals surface area (Å²) in [7, 11) is 0. The highest BCUT2D eigenvalue weighted by Gasteiger charge is 2.13. The molecule has 0 atom stereocenters. The molecule has 1 N–H and O–H groups in total. The van der Waals surface area contributed by atoms with Gasteiger partial charge in [-0.1, -0.05) is 19.0 Å². The molecule has 0 saturated carbocycles. The Kier molecular flexibility index (Phi) is 3.26. The normalized spacial score (nSPS) is 12.4. The van der Waals surface area contributed by atoms with Gasteiger partial charge in [0.15, 0.2) is 5.82 Å². The summed E-state index contributed by atoms with van der Waals surface area (Å²) in [5.74, 6) is 1.73. The highest BCUT2D eigenvalue weighted by Crippen LogP contribution is 2.11. The fourth-order valence-electron chi connectivity index (χ4n) is 0.918. The monoisotopic (exact) mass is 197 g/mol. The van der Waals surface area contributed by atoms with Gasteiger partial charge in [-0.25, -0.2) is 0 Å². The predicted molar refractivity (Wildman–Crippen MR) is 55.0 cm³/mol. The third kappa shape index (κ3) is 3.46. The number of rotatable bonds is 3. The van der Waals surface area contributed by atoms with Crippen molar-refractivity contribution in [1.82, 2.24) is 15.5 Å². The smallest absolute Gasteiger partial charge is 0.229 e. The van der Waals surface area contributed by atoms with Gasteiger partial charge in [0.1, 0.15) is 0 Å². The molecule has 1 heterocycles. The van der Waals surface area contributed by atoms with E-state index in [1.54, 1.807) is 0 Å². The maximum absolute atomic E-state index is 5.09. The molecule has 0 spiro atoms. The summed E-state index contributed by atoms with van der Waals surface area (Å²) < 4.78 is 5.09. The zero-order valence-electron chi connectivity index (χ0n) is 9.59. The molecule has 0 aromatic carbocycles. The first-order chi connectivity index (χ1) is 6.38. The summed E-state index contributed by atoms with van der Waals surface area (Å²) in [4.78, 5) is 4.27. The van der Waals surface area contributed by atoms with Crippen LogP contribution in [0, 0.1) is 0 Å². The number of hydrogen-bond donors (Lipinski definition) is 1. The molecular formula is C10H19N3O. The van der Waals surface area contributed by atoms with Gasteiger partial charge < -0.3 is 9.84 Å². The van der Waals surface area contributed by atoms with Crippen molar-refractivity contribution in [1.29, 1.82) is 0 Å². The van der Waals surface area contributed by atoms with E-state index >= 15 is 0 Å². The van der Waals surface area contributed by atoms with E-state index < -0.39 is 0 Å². The Morgan fingerprint density at radius 3 is 2.43 bits per heavy atom. The van der Waals surface area contributed by atoms with Crippen LogP contribution in [0.15, 0.2) is 4.52 Å². The van der Waals surface area contributed by atoms with Crippen molar-refractivity contribution in [2.75, 3.05) is 0 Å². The maximum Gasteiger partial charge on any atom is 0.229 e. The molecule has 1 aromatic heterocycles. The molecule has 0 aliphatic carbocycles. The second-order valence-electron chi connectivity index (χ2n) is 4.81. The molecule has 0 bridgehead atoms. The first-order valence-electron chi connectivity index (χ1n) is 4.96. The van der Waals surface area contributed by atoms with Gasteiger partial charge in [-0.2, -0.15) is 4.98 Å². The van der Waals surface area contributed by atoms with E-state index in [0.29, 0.717) is 18.4 Å². The van der Waals surface area contributed by atoms with E-state index in [1.165, 1.54) is 0 Å². The highest BCUT2D eigenvalue weighted by molar-refractivity contribution is 4.91. The second-order valence-corrected chi connectivity index (χ2v) is 4.81. The topological polar surface area (TPSA) is 51.0 Å². The van der Waals surface area contributed by atoms with Crippen LogP contribution in [0.1, 0.15) is 52.3 Å². The lowest BCUT2D eigenvalue weighted by Gasteiger charge is -2.18. The minimum atomic E-state index is 0.0820. The molecule has 1 aromatic rings. The molecule has 0 amide bonds. The number of hydrogen-bond acceptors (Lipinski definition) is 4. The molecule has 4 heteroatoms. The summed E-state index contributed by atoms with van der Waals surface area (Å²) in [6, 6.07) is 0. The fourth-order valence-corrected chi connectivity index (χ4v) is 0.918. The summed E-state index contributed by atoms with van der Waals surface area (Å²) >= 11 is 0. The van der Waals surface area contributed by atoms with E-state index in [4.69, 9.17) is 4.52 Å². The van der Waals surface area contributed by atoms with Gasteiger partial charge in [-0.15, -0.1) is 0 Å². The number of nitrogens with zero attached hydrogens (tertiary/aromatic N) is 2. The van der Waals surface area contributed by atoms with Crippen molar-refractivity contribution in [3.63, 3.8) is 0 Å². The lowest BCUT2D eigenvalue weighted by atomic mass is 10.1. The molecule has 1 rings (SSSR count). The second kappa shape index (κ2) is 4.09. The quantitative estimate of drug-likeness (QED) is 0.806. The van der Waals surface area contributed by atoms with Crippen LogP contribution in [0.5, 0.6) is 0 Å². The Labute approximate surface area is 85.1 Å². The lowest BCUT2D eigenvalue weighted by molar-refractivity contribution is 0.354. The average molecular weight is 197 g/mol. The fraction of sp³-hybridized carbons (Fsp3) is 0.800. The van der Waals surface area contributed by atoms with Gasteiger partial charge in [0, 0.05) is 11.5 Å². The average Bonchev–Trinajstić information content (AvgIpc) is 2.47. The van der Waals surface area contributed by atoms with Crippen molar-refractivity contribution in [3.8, 4) is 0 Å². The van der Waals surface area contributed by atoms with Crippen LogP contribution < -0.4 is 5.32 Å². The third-order valence-electron chi connectivity index (χ3n) is 1.75. The Bertz CT molecular complexity index is 286. The van der Waals surface area contributed by atoms with Crippen LogP contribution in [0.25, 0.3) is 0 Å². The summed E-state index contributed by atoms with van der Waals surface area (Å²) in [5, 5.41) is 7.20. The van der Waals surface area contributed by atoms with Gasteiger partial charge >= 0.3 is 0 Å². The molecule has 4 nitrogen and oxygen atoms in total. The van der Waals surface area contributed by atoms with E-state index in [9.17, 15) is 0 Å². The van der Waals surface area contributed by atoms with Crippen LogP contribution in [0.2, 0.25) is 0 Å². The van der Waals surface area contributed by atoms with Crippen LogP contribution >= 0.6 is 0 Å². The molecule has 14 heavy (non-hydrogen) atoms. The van der Waals surface area contributed by atoms with Crippen molar-refractivity contribution in [2.45, 2.75) is 52.6 Å². The molecular weight excluding hydrogens is 178 g/mol. The molecule has 0 radical (unpaired) electrons.